The second-order valence-corrected chi connectivity index (χ2v) is 6.11. The SMILES string of the molecule is CCCCC1CCC(C(=O)Oc2ccc(C(=O)O)cc2)CC1. The van der Waals surface area contributed by atoms with Crippen LogP contribution in [0, 0.1) is 11.8 Å². The van der Waals surface area contributed by atoms with Crippen molar-refractivity contribution in [3.63, 3.8) is 0 Å². The molecule has 0 aliphatic heterocycles. The van der Waals surface area contributed by atoms with E-state index >= 15 is 0 Å². The number of hydrogen-bond acceptors (Lipinski definition) is 3. The molecule has 0 spiro atoms. The number of benzene rings is 1. The summed E-state index contributed by atoms with van der Waals surface area (Å²) in [7, 11) is 0. The maximum atomic E-state index is 12.2. The molecule has 22 heavy (non-hydrogen) atoms. The van der Waals surface area contributed by atoms with Gasteiger partial charge in [0.05, 0.1) is 11.5 Å². The third kappa shape index (κ3) is 4.58. The second kappa shape index (κ2) is 7.97. The van der Waals surface area contributed by atoms with Gasteiger partial charge in [-0.15, -0.1) is 0 Å². The zero-order chi connectivity index (χ0) is 15.9. The molecule has 0 aromatic heterocycles. The van der Waals surface area contributed by atoms with Crippen molar-refractivity contribution in [3.8, 4) is 5.75 Å². The molecule has 0 heterocycles. The van der Waals surface area contributed by atoms with Gasteiger partial charge < -0.3 is 9.84 Å². The molecule has 1 aromatic carbocycles. The number of carbonyl (C=O) groups is 2. The summed E-state index contributed by atoms with van der Waals surface area (Å²) in [6.07, 6.45) is 7.80. The molecule has 0 bridgehead atoms. The number of aromatic carboxylic acids is 1. The van der Waals surface area contributed by atoms with Crippen molar-refractivity contribution < 1.29 is 19.4 Å². The van der Waals surface area contributed by atoms with E-state index < -0.39 is 5.97 Å². The van der Waals surface area contributed by atoms with Crippen molar-refractivity contribution in [3.05, 3.63) is 29.8 Å². The van der Waals surface area contributed by atoms with E-state index in [-0.39, 0.29) is 17.5 Å². The smallest absolute Gasteiger partial charge is 0.335 e. The second-order valence-electron chi connectivity index (χ2n) is 6.11. The molecule has 2 rings (SSSR count). The lowest BCUT2D eigenvalue weighted by Crippen LogP contribution is -2.25. The quantitative estimate of drug-likeness (QED) is 0.629. The Morgan fingerprint density at radius 3 is 2.32 bits per heavy atom. The number of hydrogen-bond donors (Lipinski definition) is 1. The summed E-state index contributed by atoms with van der Waals surface area (Å²) < 4.78 is 5.37. The number of carbonyl (C=O) groups excluding carboxylic acids is 1. The lowest BCUT2D eigenvalue weighted by atomic mass is 9.80. The van der Waals surface area contributed by atoms with Crippen LogP contribution < -0.4 is 4.74 Å². The Morgan fingerprint density at radius 1 is 1.14 bits per heavy atom. The van der Waals surface area contributed by atoms with Crippen molar-refractivity contribution >= 4 is 11.9 Å². The average molecular weight is 304 g/mol. The number of rotatable bonds is 6. The highest BCUT2D eigenvalue weighted by molar-refractivity contribution is 5.87. The minimum absolute atomic E-state index is 0.0166. The predicted molar refractivity (Wildman–Crippen MR) is 84.0 cm³/mol. The molecule has 120 valence electrons. The number of carboxylic acid groups (broad SMARTS) is 1. The third-order valence-corrected chi connectivity index (χ3v) is 4.47. The maximum absolute atomic E-state index is 12.2. The van der Waals surface area contributed by atoms with E-state index in [9.17, 15) is 9.59 Å². The molecule has 1 aromatic rings. The van der Waals surface area contributed by atoms with Crippen LogP contribution in [0.15, 0.2) is 24.3 Å². The normalized spacial score (nSPS) is 21.3. The summed E-state index contributed by atoms with van der Waals surface area (Å²) in [5.41, 5.74) is 0.191. The Bertz CT molecular complexity index is 498. The molecular weight excluding hydrogens is 280 g/mol. The Morgan fingerprint density at radius 2 is 1.77 bits per heavy atom. The van der Waals surface area contributed by atoms with Crippen LogP contribution in [0.1, 0.15) is 62.2 Å². The van der Waals surface area contributed by atoms with Gasteiger partial charge in [0.25, 0.3) is 0 Å². The lowest BCUT2D eigenvalue weighted by Gasteiger charge is -2.27. The van der Waals surface area contributed by atoms with Crippen LogP contribution in [0.25, 0.3) is 0 Å². The monoisotopic (exact) mass is 304 g/mol. The average Bonchev–Trinajstić information content (AvgIpc) is 2.54. The first-order valence-electron chi connectivity index (χ1n) is 8.15. The molecule has 4 nitrogen and oxygen atoms in total. The summed E-state index contributed by atoms with van der Waals surface area (Å²) in [6, 6.07) is 5.97. The highest BCUT2D eigenvalue weighted by Gasteiger charge is 2.27. The van der Waals surface area contributed by atoms with Gasteiger partial charge in [-0.05, 0) is 55.9 Å². The minimum atomic E-state index is -0.983. The van der Waals surface area contributed by atoms with E-state index in [1.54, 1.807) is 0 Å². The number of carboxylic acids is 1. The number of ether oxygens (including phenoxy) is 1. The van der Waals surface area contributed by atoms with Crippen LogP contribution in [0.2, 0.25) is 0 Å². The van der Waals surface area contributed by atoms with E-state index in [2.05, 4.69) is 6.92 Å². The summed E-state index contributed by atoms with van der Waals surface area (Å²) in [6.45, 7) is 2.21. The number of unbranched alkanes of at least 4 members (excludes halogenated alkanes) is 1. The van der Waals surface area contributed by atoms with Crippen molar-refractivity contribution in [2.45, 2.75) is 51.9 Å². The van der Waals surface area contributed by atoms with Crippen LogP contribution >= 0.6 is 0 Å². The van der Waals surface area contributed by atoms with E-state index in [1.165, 1.54) is 43.5 Å². The highest BCUT2D eigenvalue weighted by atomic mass is 16.5. The summed E-state index contributed by atoms with van der Waals surface area (Å²) >= 11 is 0. The van der Waals surface area contributed by atoms with Gasteiger partial charge >= 0.3 is 11.9 Å². The first-order chi connectivity index (χ1) is 10.6. The van der Waals surface area contributed by atoms with Crippen molar-refractivity contribution in [1.82, 2.24) is 0 Å². The zero-order valence-corrected chi connectivity index (χ0v) is 13.1. The van der Waals surface area contributed by atoms with Crippen molar-refractivity contribution in [2.75, 3.05) is 0 Å². The van der Waals surface area contributed by atoms with Gasteiger partial charge in [0.2, 0.25) is 0 Å². The molecule has 0 amide bonds. The molecule has 0 radical (unpaired) electrons. The molecule has 1 N–H and O–H groups in total. The van der Waals surface area contributed by atoms with Gasteiger partial charge in [-0.3, -0.25) is 4.79 Å². The molecule has 0 unspecified atom stereocenters. The van der Waals surface area contributed by atoms with E-state index in [4.69, 9.17) is 9.84 Å². The standard InChI is InChI=1S/C18H24O4/c1-2-3-4-13-5-7-15(8-6-13)18(21)22-16-11-9-14(10-12-16)17(19)20/h9-13,15H,2-8H2,1H3,(H,19,20). The fourth-order valence-electron chi connectivity index (χ4n) is 3.04. The van der Waals surface area contributed by atoms with Crippen LogP contribution in [0.3, 0.4) is 0 Å². The third-order valence-electron chi connectivity index (χ3n) is 4.47. The van der Waals surface area contributed by atoms with E-state index in [0.717, 1.165) is 31.6 Å². The molecule has 4 heteroatoms. The lowest BCUT2D eigenvalue weighted by molar-refractivity contribution is -0.140. The Labute approximate surface area is 131 Å². The van der Waals surface area contributed by atoms with E-state index in [0.29, 0.717) is 5.75 Å². The molecule has 1 saturated carbocycles. The number of esters is 1. The van der Waals surface area contributed by atoms with Crippen molar-refractivity contribution in [2.24, 2.45) is 11.8 Å². The minimum Gasteiger partial charge on any atom is -0.478 e. The summed E-state index contributed by atoms with van der Waals surface area (Å²) in [5.74, 6) is -0.000669. The molecule has 0 saturated heterocycles. The van der Waals surface area contributed by atoms with Crippen LogP contribution in [0.5, 0.6) is 5.75 Å². The Hall–Kier alpha value is -1.84. The fourth-order valence-corrected chi connectivity index (χ4v) is 3.04. The zero-order valence-electron chi connectivity index (χ0n) is 13.1. The Balaban J connectivity index is 1.81. The fraction of sp³-hybridized carbons (Fsp3) is 0.556. The van der Waals surface area contributed by atoms with Gasteiger partial charge in [-0.1, -0.05) is 26.2 Å². The van der Waals surface area contributed by atoms with Gasteiger partial charge in [0.15, 0.2) is 0 Å². The Kier molecular flexibility index (Phi) is 5.99. The summed E-state index contributed by atoms with van der Waals surface area (Å²) in [4.78, 5) is 22.9. The first-order valence-corrected chi connectivity index (χ1v) is 8.15. The topological polar surface area (TPSA) is 63.6 Å². The predicted octanol–water partition coefficient (Wildman–Crippen LogP) is 4.29. The first kappa shape index (κ1) is 16.5. The maximum Gasteiger partial charge on any atom is 0.335 e. The van der Waals surface area contributed by atoms with Gasteiger partial charge in [0, 0.05) is 0 Å². The molecule has 1 fully saturated rings. The molecule has 0 atom stereocenters. The van der Waals surface area contributed by atoms with Crippen molar-refractivity contribution in [1.29, 1.82) is 0 Å². The van der Waals surface area contributed by atoms with Gasteiger partial charge in [0.1, 0.15) is 5.75 Å². The van der Waals surface area contributed by atoms with Crippen LogP contribution in [-0.4, -0.2) is 17.0 Å². The highest BCUT2D eigenvalue weighted by Crippen LogP contribution is 2.32. The largest absolute Gasteiger partial charge is 0.478 e. The summed E-state index contributed by atoms with van der Waals surface area (Å²) in [5, 5.41) is 8.84. The molecular formula is C18H24O4. The van der Waals surface area contributed by atoms with Crippen LogP contribution in [0.4, 0.5) is 0 Å². The molecule has 1 aliphatic carbocycles. The van der Waals surface area contributed by atoms with Crippen LogP contribution in [-0.2, 0) is 4.79 Å². The van der Waals surface area contributed by atoms with Gasteiger partial charge in [-0.2, -0.15) is 0 Å². The van der Waals surface area contributed by atoms with E-state index in [1.807, 2.05) is 0 Å². The van der Waals surface area contributed by atoms with Gasteiger partial charge in [-0.25, -0.2) is 4.79 Å². The molecule has 1 aliphatic rings.